The summed E-state index contributed by atoms with van der Waals surface area (Å²) in [6.07, 6.45) is 2.54. The normalized spacial score (nSPS) is 10.8. The van der Waals surface area contributed by atoms with Gasteiger partial charge in [-0.3, -0.25) is 14.2 Å². The fourth-order valence-electron chi connectivity index (χ4n) is 2.87. The summed E-state index contributed by atoms with van der Waals surface area (Å²) in [5, 5.41) is 20.2. The van der Waals surface area contributed by atoms with Crippen LogP contribution in [0, 0.1) is 20.8 Å². The van der Waals surface area contributed by atoms with Crippen molar-refractivity contribution in [1.82, 2.24) is 19.6 Å². The summed E-state index contributed by atoms with van der Waals surface area (Å²) >= 11 is 0. The van der Waals surface area contributed by atoms with Crippen LogP contribution in [0.5, 0.6) is 0 Å². The highest BCUT2D eigenvalue weighted by atomic mass is 16.4. The molecule has 3 aromatic rings. The summed E-state index contributed by atoms with van der Waals surface area (Å²) in [5.74, 6) is -1.37. The molecule has 2 heterocycles. The fraction of sp³-hybridized carbons (Fsp3) is 0.263. The summed E-state index contributed by atoms with van der Waals surface area (Å²) in [7, 11) is 0. The van der Waals surface area contributed by atoms with Gasteiger partial charge in [0.2, 0.25) is 5.91 Å². The van der Waals surface area contributed by atoms with Gasteiger partial charge in [0.05, 0.1) is 35.4 Å². The Morgan fingerprint density at radius 2 is 1.93 bits per heavy atom. The molecule has 0 saturated heterocycles. The first-order valence-electron chi connectivity index (χ1n) is 8.49. The number of aromatic carboxylic acids is 1. The minimum atomic E-state index is -1.08. The zero-order valence-corrected chi connectivity index (χ0v) is 15.4. The van der Waals surface area contributed by atoms with Crippen LogP contribution in [0.15, 0.2) is 36.7 Å². The zero-order valence-electron chi connectivity index (χ0n) is 15.4. The quantitative estimate of drug-likeness (QED) is 0.696. The highest BCUT2D eigenvalue weighted by Gasteiger charge is 2.16. The molecule has 0 fully saturated rings. The second kappa shape index (κ2) is 7.45. The maximum Gasteiger partial charge on any atom is 0.338 e. The molecule has 1 aromatic carbocycles. The number of carbonyl (C=O) groups excluding carboxylic acids is 1. The molecule has 27 heavy (non-hydrogen) atoms. The molecule has 0 aliphatic carbocycles. The zero-order chi connectivity index (χ0) is 19.6. The Bertz CT molecular complexity index is 1000. The van der Waals surface area contributed by atoms with E-state index >= 15 is 0 Å². The lowest BCUT2D eigenvalue weighted by Crippen LogP contribution is -2.20. The summed E-state index contributed by atoms with van der Waals surface area (Å²) in [5.41, 5.74) is 4.64. The van der Waals surface area contributed by atoms with Gasteiger partial charge >= 0.3 is 5.97 Å². The number of amides is 1. The molecule has 8 nitrogen and oxygen atoms in total. The lowest BCUT2D eigenvalue weighted by Gasteiger charge is -2.09. The van der Waals surface area contributed by atoms with Gasteiger partial charge < -0.3 is 10.4 Å². The molecule has 0 bridgehead atoms. The number of carbonyl (C=O) groups is 2. The standard InChI is InChI=1S/C19H21N5O3/c1-12-6-4-5-7-15(12)10-24-14(3)18(13(2)22-24)21-17(25)11-23-9-16(8-20-23)19(26)27/h4-9H,10-11H2,1-3H3,(H,21,25)(H,26,27). The number of rotatable bonds is 6. The molecule has 0 saturated carbocycles. The third-order valence-corrected chi connectivity index (χ3v) is 4.41. The van der Waals surface area contributed by atoms with Crippen molar-refractivity contribution >= 4 is 17.6 Å². The van der Waals surface area contributed by atoms with Crippen molar-refractivity contribution in [3.05, 3.63) is 64.7 Å². The largest absolute Gasteiger partial charge is 0.478 e. The van der Waals surface area contributed by atoms with Crippen molar-refractivity contribution in [2.45, 2.75) is 33.9 Å². The van der Waals surface area contributed by atoms with Gasteiger partial charge in [0.1, 0.15) is 6.54 Å². The van der Waals surface area contributed by atoms with Crippen LogP contribution in [0.2, 0.25) is 0 Å². The van der Waals surface area contributed by atoms with Gasteiger partial charge in [0, 0.05) is 6.20 Å². The molecule has 0 unspecified atom stereocenters. The summed E-state index contributed by atoms with van der Waals surface area (Å²) < 4.78 is 3.16. The van der Waals surface area contributed by atoms with Crippen LogP contribution >= 0.6 is 0 Å². The number of aryl methyl sites for hydroxylation is 2. The molecule has 3 rings (SSSR count). The maximum atomic E-state index is 12.3. The minimum absolute atomic E-state index is 0.0428. The SMILES string of the molecule is Cc1ccccc1Cn1nc(C)c(NC(=O)Cn2cc(C(=O)O)cn2)c1C. The predicted octanol–water partition coefficient (Wildman–Crippen LogP) is 2.39. The highest BCUT2D eigenvalue weighted by molar-refractivity contribution is 5.92. The first kappa shape index (κ1) is 18.4. The van der Waals surface area contributed by atoms with E-state index in [9.17, 15) is 9.59 Å². The Kier molecular flexibility index (Phi) is 5.07. The van der Waals surface area contributed by atoms with Crippen LogP contribution in [-0.4, -0.2) is 36.5 Å². The third kappa shape index (κ3) is 4.05. The molecule has 8 heteroatoms. The first-order valence-corrected chi connectivity index (χ1v) is 8.49. The van der Waals surface area contributed by atoms with E-state index in [1.807, 2.05) is 30.7 Å². The van der Waals surface area contributed by atoms with E-state index in [2.05, 4.69) is 34.6 Å². The van der Waals surface area contributed by atoms with Gasteiger partial charge in [-0.25, -0.2) is 4.79 Å². The van der Waals surface area contributed by atoms with Crippen LogP contribution in [-0.2, 0) is 17.9 Å². The molecule has 2 aromatic heterocycles. The average Bonchev–Trinajstić information content (AvgIpc) is 3.17. The van der Waals surface area contributed by atoms with Crippen LogP contribution in [0.4, 0.5) is 5.69 Å². The van der Waals surface area contributed by atoms with E-state index in [1.54, 1.807) is 0 Å². The van der Waals surface area contributed by atoms with E-state index in [1.165, 1.54) is 28.2 Å². The molecule has 140 valence electrons. The minimum Gasteiger partial charge on any atom is -0.478 e. The topological polar surface area (TPSA) is 102 Å². The molecule has 0 spiro atoms. The molecular formula is C19H21N5O3. The van der Waals surface area contributed by atoms with Crippen molar-refractivity contribution < 1.29 is 14.7 Å². The second-order valence-electron chi connectivity index (χ2n) is 6.41. The molecule has 0 radical (unpaired) electrons. The number of hydrogen-bond acceptors (Lipinski definition) is 4. The predicted molar refractivity (Wildman–Crippen MR) is 99.8 cm³/mol. The molecule has 2 N–H and O–H groups in total. The fourth-order valence-corrected chi connectivity index (χ4v) is 2.87. The summed E-state index contributed by atoms with van der Waals surface area (Å²) in [6, 6.07) is 8.10. The monoisotopic (exact) mass is 367 g/mol. The van der Waals surface area contributed by atoms with E-state index in [-0.39, 0.29) is 18.0 Å². The van der Waals surface area contributed by atoms with Crippen molar-refractivity contribution in [3.8, 4) is 0 Å². The Morgan fingerprint density at radius 1 is 1.19 bits per heavy atom. The van der Waals surface area contributed by atoms with Crippen LogP contribution < -0.4 is 5.32 Å². The third-order valence-electron chi connectivity index (χ3n) is 4.41. The molecule has 0 atom stereocenters. The number of anilines is 1. The van der Waals surface area contributed by atoms with Crippen molar-refractivity contribution in [2.75, 3.05) is 5.32 Å². The van der Waals surface area contributed by atoms with Gasteiger partial charge in [-0.1, -0.05) is 24.3 Å². The lowest BCUT2D eigenvalue weighted by atomic mass is 10.1. The smallest absolute Gasteiger partial charge is 0.338 e. The van der Waals surface area contributed by atoms with Gasteiger partial charge in [0.15, 0.2) is 0 Å². The van der Waals surface area contributed by atoms with E-state index in [0.717, 1.165) is 11.4 Å². The van der Waals surface area contributed by atoms with Gasteiger partial charge in [0.25, 0.3) is 0 Å². The van der Waals surface area contributed by atoms with E-state index < -0.39 is 5.97 Å². The number of carboxylic acid groups (broad SMARTS) is 1. The number of hydrogen-bond donors (Lipinski definition) is 2. The van der Waals surface area contributed by atoms with Gasteiger partial charge in [-0.05, 0) is 31.9 Å². The first-order chi connectivity index (χ1) is 12.8. The molecule has 0 aliphatic heterocycles. The molecule has 1 amide bonds. The number of nitrogens with zero attached hydrogens (tertiary/aromatic N) is 4. The Labute approximate surface area is 156 Å². The van der Waals surface area contributed by atoms with Crippen molar-refractivity contribution in [3.63, 3.8) is 0 Å². The lowest BCUT2D eigenvalue weighted by molar-refractivity contribution is -0.116. The van der Waals surface area contributed by atoms with Crippen molar-refractivity contribution in [1.29, 1.82) is 0 Å². The van der Waals surface area contributed by atoms with E-state index in [0.29, 0.717) is 12.2 Å². The van der Waals surface area contributed by atoms with Gasteiger partial charge in [-0.15, -0.1) is 0 Å². The van der Waals surface area contributed by atoms with Crippen molar-refractivity contribution in [2.24, 2.45) is 0 Å². The average molecular weight is 367 g/mol. The maximum absolute atomic E-state index is 12.3. The van der Waals surface area contributed by atoms with Gasteiger partial charge in [-0.2, -0.15) is 10.2 Å². The number of carboxylic acids is 1. The number of benzene rings is 1. The Morgan fingerprint density at radius 3 is 2.59 bits per heavy atom. The Balaban J connectivity index is 1.73. The number of aromatic nitrogens is 4. The van der Waals surface area contributed by atoms with E-state index in [4.69, 9.17) is 5.11 Å². The number of nitrogens with one attached hydrogen (secondary N) is 1. The highest BCUT2D eigenvalue weighted by Crippen LogP contribution is 2.21. The molecule has 0 aliphatic rings. The summed E-state index contributed by atoms with van der Waals surface area (Å²) in [4.78, 5) is 23.2. The van der Waals surface area contributed by atoms with Crippen LogP contribution in [0.25, 0.3) is 0 Å². The van der Waals surface area contributed by atoms with Crippen LogP contribution in [0.3, 0.4) is 0 Å². The Hall–Kier alpha value is -3.42. The van der Waals surface area contributed by atoms with Crippen LogP contribution in [0.1, 0.15) is 32.9 Å². The molecular weight excluding hydrogens is 346 g/mol. The second-order valence-corrected chi connectivity index (χ2v) is 6.41. The summed E-state index contributed by atoms with van der Waals surface area (Å²) in [6.45, 7) is 6.35.